The van der Waals surface area contributed by atoms with Gasteiger partial charge in [0.1, 0.15) is 11.5 Å². The van der Waals surface area contributed by atoms with Crippen molar-refractivity contribution in [2.24, 2.45) is 5.92 Å². The van der Waals surface area contributed by atoms with Crippen LogP contribution in [0.1, 0.15) is 44.3 Å². The van der Waals surface area contributed by atoms with E-state index in [1.54, 1.807) is 11.8 Å². The number of hydrogen-bond donors (Lipinski definition) is 1. The summed E-state index contributed by atoms with van der Waals surface area (Å²) in [5.41, 5.74) is 0. The molecule has 1 aliphatic heterocycles. The zero-order valence-corrected chi connectivity index (χ0v) is 14.9. The third-order valence-electron chi connectivity index (χ3n) is 4.34. The second-order valence-corrected chi connectivity index (χ2v) is 8.73. The molecule has 0 bridgehead atoms. The fourth-order valence-electron chi connectivity index (χ4n) is 2.85. The van der Waals surface area contributed by atoms with E-state index in [1.165, 1.54) is 0 Å². The number of carbonyl (C=O) groups excluding carboxylic acids is 1. The average Bonchev–Trinajstić information content (AvgIpc) is 2.93. The lowest BCUT2D eigenvalue weighted by Gasteiger charge is -2.37. The number of rotatable bonds is 5. The summed E-state index contributed by atoms with van der Waals surface area (Å²) in [6, 6.07) is 3.51. The number of urea groups is 1. The smallest absolute Gasteiger partial charge is 0.318 e. The first-order valence-corrected chi connectivity index (χ1v) is 9.95. The second kappa shape index (κ2) is 7.38. The van der Waals surface area contributed by atoms with E-state index < -0.39 is 9.84 Å². The van der Waals surface area contributed by atoms with Crippen molar-refractivity contribution in [1.29, 1.82) is 0 Å². The van der Waals surface area contributed by atoms with Gasteiger partial charge >= 0.3 is 6.03 Å². The topological polar surface area (TPSA) is 79.6 Å². The third-order valence-corrected chi connectivity index (χ3v) is 6.05. The van der Waals surface area contributed by atoms with Gasteiger partial charge in [-0.05, 0) is 37.8 Å². The van der Waals surface area contributed by atoms with Crippen molar-refractivity contribution in [3.63, 3.8) is 0 Å². The number of piperidine rings is 1. The van der Waals surface area contributed by atoms with Gasteiger partial charge in [-0.1, -0.05) is 13.8 Å². The highest BCUT2D eigenvalue weighted by Crippen LogP contribution is 2.34. The van der Waals surface area contributed by atoms with Gasteiger partial charge in [0.25, 0.3) is 0 Å². The van der Waals surface area contributed by atoms with Gasteiger partial charge in [0.2, 0.25) is 0 Å². The molecule has 1 aromatic heterocycles. The quantitative estimate of drug-likeness (QED) is 0.891. The fourth-order valence-corrected chi connectivity index (χ4v) is 3.55. The highest BCUT2D eigenvalue weighted by molar-refractivity contribution is 7.91. The molecule has 1 fully saturated rings. The molecule has 0 radical (unpaired) electrons. The highest BCUT2D eigenvalue weighted by Gasteiger charge is 2.32. The molecule has 23 heavy (non-hydrogen) atoms. The first-order chi connectivity index (χ1) is 10.8. The maximum atomic E-state index is 12.4. The molecule has 1 saturated heterocycles. The van der Waals surface area contributed by atoms with Crippen LogP contribution in [-0.2, 0) is 9.84 Å². The van der Waals surface area contributed by atoms with Gasteiger partial charge in [0.05, 0.1) is 11.8 Å². The standard InChI is InChI=1S/C16H26N2O4S/c1-4-23(20,21)10-8-17-16(19)18-9-7-12(2)11-14(18)15-6-5-13(3)22-15/h5-6,12,14H,4,7-11H2,1-3H3,(H,17,19)/t12-,14+/m1/s1. The predicted molar refractivity (Wildman–Crippen MR) is 89.0 cm³/mol. The normalized spacial score (nSPS) is 22.1. The van der Waals surface area contributed by atoms with Gasteiger partial charge in [-0.2, -0.15) is 0 Å². The van der Waals surface area contributed by atoms with E-state index in [9.17, 15) is 13.2 Å². The van der Waals surface area contributed by atoms with Gasteiger partial charge in [0, 0.05) is 18.8 Å². The Morgan fingerprint density at radius 1 is 1.43 bits per heavy atom. The zero-order chi connectivity index (χ0) is 17.0. The molecule has 2 atom stereocenters. The first-order valence-electron chi connectivity index (χ1n) is 8.13. The van der Waals surface area contributed by atoms with Crippen LogP contribution in [0.5, 0.6) is 0 Å². The van der Waals surface area contributed by atoms with Crippen LogP contribution < -0.4 is 5.32 Å². The molecule has 0 aliphatic carbocycles. The average molecular weight is 342 g/mol. The van der Waals surface area contributed by atoms with Crippen LogP contribution in [0.4, 0.5) is 4.79 Å². The van der Waals surface area contributed by atoms with Crippen LogP contribution in [0.2, 0.25) is 0 Å². The number of carbonyl (C=O) groups is 1. The summed E-state index contributed by atoms with van der Waals surface area (Å²) in [7, 11) is -3.07. The van der Waals surface area contributed by atoms with Crippen molar-refractivity contribution >= 4 is 15.9 Å². The molecule has 6 nitrogen and oxygen atoms in total. The Balaban J connectivity index is 2.01. The van der Waals surface area contributed by atoms with Gasteiger partial charge in [-0.3, -0.25) is 0 Å². The summed E-state index contributed by atoms with van der Waals surface area (Å²) in [5.74, 6) is 2.22. The van der Waals surface area contributed by atoms with Gasteiger partial charge < -0.3 is 14.6 Å². The maximum absolute atomic E-state index is 12.4. The summed E-state index contributed by atoms with van der Waals surface area (Å²) >= 11 is 0. The van der Waals surface area contributed by atoms with Crippen LogP contribution >= 0.6 is 0 Å². The largest absolute Gasteiger partial charge is 0.464 e. The van der Waals surface area contributed by atoms with Crippen molar-refractivity contribution in [2.45, 2.75) is 39.7 Å². The molecule has 1 aromatic rings. The first kappa shape index (κ1) is 17.8. The Bertz CT molecular complexity index is 638. The molecule has 2 heterocycles. The van der Waals surface area contributed by atoms with Crippen LogP contribution in [0, 0.1) is 12.8 Å². The molecular weight excluding hydrogens is 316 g/mol. The van der Waals surface area contributed by atoms with Crippen LogP contribution in [0.25, 0.3) is 0 Å². The molecule has 2 rings (SSSR count). The lowest BCUT2D eigenvalue weighted by atomic mass is 9.91. The van der Waals surface area contributed by atoms with Crippen LogP contribution in [0.15, 0.2) is 16.5 Å². The van der Waals surface area contributed by atoms with Crippen molar-refractivity contribution < 1.29 is 17.6 Å². The summed E-state index contributed by atoms with van der Waals surface area (Å²) in [6.45, 7) is 6.46. The van der Waals surface area contributed by atoms with Crippen molar-refractivity contribution in [2.75, 3.05) is 24.6 Å². The second-order valence-electron chi connectivity index (χ2n) is 6.26. The van der Waals surface area contributed by atoms with Crippen LogP contribution in [-0.4, -0.2) is 43.9 Å². The number of likely N-dealkylation sites (tertiary alicyclic amines) is 1. The fraction of sp³-hybridized carbons (Fsp3) is 0.688. The van der Waals surface area contributed by atoms with Crippen molar-refractivity contribution in [1.82, 2.24) is 10.2 Å². The minimum atomic E-state index is -3.07. The number of nitrogens with one attached hydrogen (secondary N) is 1. The summed E-state index contributed by atoms with van der Waals surface area (Å²) < 4.78 is 28.7. The van der Waals surface area contributed by atoms with E-state index in [2.05, 4.69) is 12.2 Å². The SMILES string of the molecule is CCS(=O)(=O)CCNC(=O)N1CC[C@@H](C)C[C@H]1c1ccc(C)o1. The minimum Gasteiger partial charge on any atom is -0.464 e. The lowest BCUT2D eigenvalue weighted by Crippen LogP contribution is -2.47. The zero-order valence-electron chi connectivity index (χ0n) is 14.0. The summed E-state index contributed by atoms with van der Waals surface area (Å²) in [4.78, 5) is 14.2. The van der Waals surface area contributed by atoms with Crippen molar-refractivity contribution in [3.8, 4) is 0 Å². The molecule has 7 heteroatoms. The lowest BCUT2D eigenvalue weighted by molar-refractivity contribution is 0.119. The molecule has 0 unspecified atom stereocenters. The molecular formula is C16H26N2O4S. The van der Waals surface area contributed by atoms with Gasteiger partial charge in [-0.15, -0.1) is 0 Å². The summed E-state index contributed by atoms with van der Waals surface area (Å²) in [5, 5.41) is 2.73. The number of aryl methyl sites for hydroxylation is 1. The monoisotopic (exact) mass is 342 g/mol. The third kappa shape index (κ3) is 4.73. The Hall–Kier alpha value is -1.50. The van der Waals surface area contributed by atoms with Gasteiger partial charge in [-0.25, -0.2) is 13.2 Å². The minimum absolute atomic E-state index is 0.0238. The van der Waals surface area contributed by atoms with E-state index in [0.717, 1.165) is 24.4 Å². The Kier molecular flexibility index (Phi) is 5.73. The predicted octanol–water partition coefficient (Wildman–Crippen LogP) is 2.51. The molecule has 0 spiro atoms. The molecule has 0 saturated carbocycles. The number of nitrogens with zero attached hydrogens (tertiary/aromatic N) is 1. The van der Waals surface area contributed by atoms with E-state index in [1.807, 2.05) is 19.1 Å². The van der Waals surface area contributed by atoms with Crippen molar-refractivity contribution in [3.05, 3.63) is 23.7 Å². The van der Waals surface area contributed by atoms with E-state index in [4.69, 9.17) is 4.42 Å². The summed E-state index contributed by atoms with van der Waals surface area (Å²) in [6.07, 6.45) is 1.80. The Morgan fingerprint density at radius 3 is 2.78 bits per heavy atom. The van der Waals surface area contributed by atoms with Gasteiger partial charge in [0.15, 0.2) is 9.84 Å². The molecule has 1 aliphatic rings. The van der Waals surface area contributed by atoms with Crippen LogP contribution in [0.3, 0.4) is 0 Å². The maximum Gasteiger partial charge on any atom is 0.318 e. The number of amides is 2. The number of hydrogen-bond acceptors (Lipinski definition) is 4. The molecule has 2 amide bonds. The van der Waals surface area contributed by atoms with E-state index >= 15 is 0 Å². The number of sulfone groups is 1. The Labute approximate surface area is 138 Å². The molecule has 0 aromatic carbocycles. The highest BCUT2D eigenvalue weighted by atomic mass is 32.2. The number of furan rings is 1. The molecule has 1 N–H and O–H groups in total. The van der Waals surface area contributed by atoms with E-state index in [-0.39, 0.29) is 30.1 Å². The van der Waals surface area contributed by atoms with E-state index in [0.29, 0.717) is 12.5 Å². The molecule has 130 valence electrons. The Morgan fingerprint density at radius 2 is 2.17 bits per heavy atom.